The molecule has 3 aromatic carbocycles. The van der Waals surface area contributed by atoms with Crippen LogP contribution in [0.3, 0.4) is 0 Å². The molecule has 0 bridgehead atoms. The van der Waals surface area contributed by atoms with Crippen LogP contribution in [0, 0.1) is 5.41 Å². The molecule has 0 fully saturated rings. The number of aliphatic hydroxyl groups excluding tert-OH is 1. The van der Waals surface area contributed by atoms with Crippen LogP contribution < -0.4 is 11.1 Å². The molecule has 35 heavy (non-hydrogen) atoms. The number of aliphatic hydroxyl groups is 1. The van der Waals surface area contributed by atoms with E-state index < -0.39 is 6.10 Å². The number of hydrogen-bond acceptors (Lipinski definition) is 4. The quantitative estimate of drug-likeness (QED) is 0.204. The van der Waals surface area contributed by atoms with Crippen molar-refractivity contribution in [1.82, 2.24) is 5.32 Å². The van der Waals surface area contributed by atoms with Crippen LogP contribution in [0.25, 0.3) is 10.4 Å². The third-order valence-electron chi connectivity index (χ3n) is 6.53. The number of benzene rings is 3. The number of rotatable bonds is 5. The van der Waals surface area contributed by atoms with Gasteiger partial charge in [0.2, 0.25) is 0 Å². The highest BCUT2D eigenvalue weighted by Gasteiger charge is 2.30. The minimum atomic E-state index is -0.742. The molecule has 0 aliphatic heterocycles. The molecular weight excluding hydrogens is 478 g/mol. The molecule has 5 nitrogen and oxygen atoms in total. The zero-order valence-electron chi connectivity index (χ0n) is 19.0. The molecule has 1 aliphatic rings. The van der Waals surface area contributed by atoms with E-state index in [1.165, 1.54) is 11.3 Å². The third kappa shape index (κ3) is 4.48. The van der Waals surface area contributed by atoms with Gasteiger partial charge in [-0.05, 0) is 63.7 Å². The lowest BCUT2D eigenvalue weighted by molar-refractivity contribution is 0.0950. The first-order chi connectivity index (χ1) is 16.8. The van der Waals surface area contributed by atoms with E-state index in [-0.39, 0.29) is 17.7 Å². The highest BCUT2D eigenvalue weighted by Crippen LogP contribution is 2.44. The number of nitrogens with two attached hydrogens (primary N) is 1. The molecule has 5 rings (SSSR count). The summed E-state index contributed by atoms with van der Waals surface area (Å²) in [7, 11) is 0. The minimum Gasteiger partial charge on any atom is -0.384 e. The number of fused-ring (bicyclic) bond motifs is 2. The number of hydrogen-bond donors (Lipinski definition) is 4. The van der Waals surface area contributed by atoms with Gasteiger partial charge in [0.1, 0.15) is 11.9 Å². The summed E-state index contributed by atoms with van der Waals surface area (Å²) in [5.74, 6) is -0.151. The van der Waals surface area contributed by atoms with Gasteiger partial charge in [-0.15, -0.1) is 11.3 Å². The van der Waals surface area contributed by atoms with Crippen molar-refractivity contribution in [3.05, 3.63) is 116 Å². The zero-order chi connectivity index (χ0) is 24.7. The Morgan fingerprint density at radius 3 is 2.29 bits per heavy atom. The van der Waals surface area contributed by atoms with E-state index in [0.29, 0.717) is 17.7 Å². The van der Waals surface area contributed by atoms with Crippen LogP contribution >= 0.6 is 22.9 Å². The lowest BCUT2D eigenvalue weighted by atomic mass is 9.76. The largest absolute Gasteiger partial charge is 0.384 e. The first-order valence-electron chi connectivity index (χ1n) is 11.2. The van der Waals surface area contributed by atoms with Crippen LogP contribution in [-0.2, 0) is 6.54 Å². The fourth-order valence-corrected chi connectivity index (χ4v) is 5.62. The first kappa shape index (κ1) is 23.3. The Balaban J connectivity index is 1.38. The summed E-state index contributed by atoms with van der Waals surface area (Å²) in [6, 6.07) is 22.7. The van der Waals surface area contributed by atoms with E-state index in [0.717, 1.165) is 42.6 Å². The maximum absolute atomic E-state index is 12.9. The fourth-order valence-electron chi connectivity index (χ4n) is 4.58. The smallest absolute Gasteiger partial charge is 0.251 e. The standard InChI is InChI=1S/C28H24ClN3O2S/c1-15-22-12-18(24-10-11-25(29)35-24)6-8-20(22)26(33)21-9-7-19(13-23(15)21)28(34)32-14-16-2-4-17(5-3-16)27(30)31/h2-13,15,26,33H,14H2,1H3,(H3,30,31)(H,32,34)/t15-,26?/m1/s1. The molecule has 0 radical (unpaired) electrons. The molecule has 1 unspecified atom stereocenters. The molecule has 4 aromatic rings. The Kier molecular flexibility index (Phi) is 6.19. The number of carbonyl (C=O) groups excluding carboxylic acids is 1. The van der Waals surface area contributed by atoms with E-state index in [1.807, 2.05) is 48.5 Å². The van der Waals surface area contributed by atoms with Gasteiger partial charge in [0, 0.05) is 28.5 Å². The van der Waals surface area contributed by atoms with Crippen molar-refractivity contribution in [3.8, 4) is 10.4 Å². The Hall–Kier alpha value is -3.45. The SMILES string of the molecule is C[C@H]1c2cc(C(=O)NCc3ccc(C(=N)N)cc3)ccc2C(O)c2ccc(-c3ccc(Cl)s3)cc21. The summed E-state index contributed by atoms with van der Waals surface area (Å²) in [5.41, 5.74) is 12.4. The van der Waals surface area contributed by atoms with Gasteiger partial charge in [-0.3, -0.25) is 10.2 Å². The number of nitrogens with one attached hydrogen (secondary N) is 2. The van der Waals surface area contributed by atoms with Crippen LogP contribution in [0.4, 0.5) is 0 Å². The number of halogens is 1. The van der Waals surface area contributed by atoms with Crippen molar-refractivity contribution in [1.29, 1.82) is 5.41 Å². The molecule has 2 atom stereocenters. The highest BCUT2D eigenvalue weighted by atomic mass is 35.5. The molecule has 176 valence electrons. The predicted octanol–water partition coefficient (Wildman–Crippen LogP) is 5.83. The normalized spacial score (nSPS) is 16.3. The average molecular weight is 502 g/mol. The van der Waals surface area contributed by atoms with E-state index in [1.54, 1.807) is 18.2 Å². The second-order valence-corrected chi connectivity index (χ2v) is 10.4. The van der Waals surface area contributed by atoms with Gasteiger partial charge in [-0.25, -0.2) is 0 Å². The van der Waals surface area contributed by atoms with E-state index in [2.05, 4.69) is 18.3 Å². The Morgan fingerprint density at radius 1 is 0.971 bits per heavy atom. The summed E-state index contributed by atoms with van der Waals surface area (Å²) in [6.07, 6.45) is -0.742. The van der Waals surface area contributed by atoms with Gasteiger partial charge in [-0.2, -0.15) is 0 Å². The van der Waals surface area contributed by atoms with Crippen molar-refractivity contribution in [2.45, 2.75) is 25.5 Å². The molecule has 0 spiro atoms. The van der Waals surface area contributed by atoms with Crippen molar-refractivity contribution in [2.75, 3.05) is 0 Å². The number of amidine groups is 1. The number of thiophene rings is 1. The number of amides is 1. The van der Waals surface area contributed by atoms with Crippen LogP contribution in [0.15, 0.2) is 72.8 Å². The first-order valence-corrected chi connectivity index (χ1v) is 12.4. The van der Waals surface area contributed by atoms with Crippen molar-refractivity contribution < 1.29 is 9.90 Å². The van der Waals surface area contributed by atoms with E-state index >= 15 is 0 Å². The molecule has 7 heteroatoms. The van der Waals surface area contributed by atoms with Crippen LogP contribution in [0.5, 0.6) is 0 Å². The maximum atomic E-state index is 12.9. The topological polar surface area (TPSA) is 99.2 Å². The van der Waals surface area contributed by atoms with Crippen molar-refractivity contribution >= 4 is 34.7 Å². The third-order valence-corrected chi connectivity index (χ3v) is 7.81. The molecule has 5 N–H and O–H groups in total. The number of nitrogen functional groups attached to an aromatic ring is 1. The van der Waals surface area contributed by atoms with Crippen molar-refractivity contribution in [2.24, 2.45) is 5.73 Å². The molecule has 1 aliphatic carbocycles. The predicted molar refractivity (Wildman–Crippen MR) is 141 cm³/mol. The van der Waals surface area contributed by atoms with Gasteiger partial charge < -0.3 is 16.2 Å². The zero-order valence-corrected chi connectivity index (χ0v) is 20.6. The van der Waals surface area contributed by atoms with Gasteiger partial charge in [0.05, 0.1) is 4.34 Å². The summed E-state index contributed by atoms with van der Waals surface area (Å²) in [4.78, 5) is 14.0. The molecule has 1 aromatic heterocycles. The average Bonchev–Trinajstić information content (AvgIpc) is 3.31. The molecule has 1 heterocycles. The molecule has 0 saturated carbocycles. The van der Waals surface area contributed by atoms with Gasteiger partial charge in [0.15, 0.2) is 0 Å². The monoisotopic (exact) mass is 501 g/mol. The van der Waals surface area contributed by atoms with Crippen LogP contribution in [-0.4, -0.2) is 16.8 Å². The molecule has 0 saturated heterocycles. The van der Waals surface area contributed by atoms with Gasteiger partial charge in [-0.1, -0.05) is 61.0 Å². The van der Waals surface area contributed by atoms with E-state index in [9.17, 15) is 9.90 Å². The Bertz CT molecular complexity index is 1450. The summed E-state index contributed by atoms with van der Waals surface area (Å²) < 4.78 is 0.738. The summed E-state index contributed by atoms with van der Waals surface area (Å²) in [6.45, 7) is 2.47. The summed E-state index contributed by atoms with van der Waals surface area (Å²) >= 11 is 7.66. The lowest BCUT2D eigenvalue weighted by Gasteiger charge is -2.30. The van der Waals surface area contributed by atoms with Crippen molar-refractivity contribution in [3.63, 3.8) is 0 Å². The lowest BCUT2D eigenvalue weighted by Crippen LogP contribution is -2.24. The fraction of sp³-hybridized carbons (Fsp3) is 0.143. The number of carbonyl (C=O) groups is 1. The van der Waals surface area contributed by atoms with Gasteiger partial charge >= 0.3 is 0 Å². The molecule has 1 amide bonds. The Labute approximate surface area is 212 Å². The molecular formula is C28H24ClN3O2S. The van der Waals surface area contributed by atoms with E-state index in [4.69, 9.17) is 22.7 Å². The van der Waals surface area contributed by atoms with Gasteiger partial charge in [0.25, 0.3) is 5.91 Å². The van der Waals surface area contributed by atoms with Crippen LogP contribution in [0.2, 0.25) is 4.34 Å². The second-order valence-electron chi connectivity index (χ2n) is 8.71. The summed E-state index contributed by atoms with van der Waals surface area (Å²) in [5, 5.41) is 21.5. The highest BCUT2D eigenvalue weighted by molar-refractivity contribution is 7.19. The van der Waals surface area contributed by atoms with Crippen LogP contribution in [0.1, 0.15) is 62.7 Å². The maximum Gasteiger partial charge on any atom is 0.251 e. The second kappa shape index (κ2) is 9.30. The minimum absolute atomic E-state index is 0.0128. The Morgan fingerprint density at radius 2 is 1.63 bits per heavy atom.